The van der Waals surface area contributed by atoms with Gasteiger partial charge in [0.1, 0.15) is 6.04 Å². The van der Waals surface area contributed by atoms with Gasteiger partial charge in [0.2, 0.25) is 11.8 Å². The first-order valence-corrected chi connectivity index (χ1v) is 7.77. The van der Waals surface area contributed by atoms with Crippen molar-refractivity contribution in [2.24, 2.45) is 11.1 Å². The fourth-order valence-corrected chi connectivity index (χ4v) is 3.88. The minimum Gasteiger partial charge on any atom is -0.368 e. The molecule has 1 aliphatic carbocycles. The monoisotopic (exact) mass is 286 g/mol. The second-order valence-electron chi connectivity index (χ2n) is 6.38. The number of likely N-dealkylation sites (tertiary alicyclic amines) is 1. The first-order valence-electron chi connectivity index (χ1n) is 7.77. The van der Waals surface area contributed by atoms with Crippen LogP contribution in [0.3, 0.4) is 0 Å². The molecule has 0 bridgehead atoms. The Hall–Kier alpha value is -1.84. The fraction of sp³-hybridized carbons (Fsp3) is 0.529. The lowest BCUT2D eigenvalue weighted by atomic mass is 9.72. The number of hydrogen-bond donors (Lipinski definition) is 1. The van der Waals surface area contributed by atoms with Crippen molar-refractivity contribution < 1.29 is 9.59 Å². The van der Waals surface area contributed by atoms with Gasteiger partial charge in [-0.25, -0.2) is 0 Å². The third-order valence-corrected chi connectivity index (χ3v) is 5.01. The highest BCUT2D eigenvalue weighted by atomic mass is 16.2. The van der Waals surface area contributed by atoms with Gasteiger partial charge in [0.05, 0.1) is 5.41 Å². The van der Waals surface area contributed by atoms with Gasteiger partial charge < -0.3 is 10.6 Å². The van der Waals surface area contributed by atoms with E-state index in [9.17, 15) is 9.59 Å². The van der Waals surface area contributed by atoms with Crippen LogP contribution >= 0.6 is 0 Å². The van der Waals surface area contributed by atoms with E-state index in [1.807, 2.05) is 30.3 Å². The molecule has 2 fully saturated rings. The number of nitrogens with two attached hydrogens (primary N) is 1. The molecule has 1 unspecified atom stereocenters. The van der Waals surface area contributed by atoms with Gasteiger partial charge in [-0.15, -0.1) is 0 Å². The predicted octanol–water partition coefficient (Wildman–Crippen LogP) is 2.22. The average molecular weight is 286 g/mol. The first-order chi connectivity index (χ1) is 10.1. The summed E-state index contributed by atoms with van der Waals surface area (Å²) in [5, 5.41) is 0. The molecule has 1 aromatic rings. The zero-order valence-electron chi connectivity index (χ0n) is 12.3. The maximum Gasteiger partial charge on any atom is 0.240 e. The molecule has 4 heteroatoms. The Kier molecular flexibility index (Phi) is 3.70. The summed E-state index contributed by atoms with van der Waals surface area (Å²) < 4.78 is 0. The van der Waals surface area contributed by atoms with Gasteiger partial charge in [-0.05, 0) is 24.8 Å². The first kappa shape index (κ1) is 14.1. The summed E-state index contributed by atoms with van der Waals surface area (Å²) in [6.45, 7) is 0.481. The Labute approximate surface area is 125 Å². The number of amides is 2. The fourth-order valence-electron chi connectivity index (χ4n) is 3.88. The molecule has 4 nitrogen and oxygen atoms in total. The van der Waals surface area contributed by atoms with Crippen LogP contribution in [0.25, 0.3) is 0 Å². The van der Waals surface area contributed by atoms with Crippen molar-refractivity contribution in [3.63, 3.8) is 0 Å². The van der Waals surface area contributed by atoms with Gasteiger partial charge in [0, 0.05) is 6.54 Å². The van der Waals surface area contributed by atoms with Crippen molar-refractivity contribution in [2.75, 3.05) is 0 Å². The molecule has 1 aliphatic heterocycles. The van der Waals surface area contributed by atoms with E-state index < -0.39 is 6.04 Å². The number of nitrogens with zero attached hydrogens (tertiary/aromatic N) is 1. The van der Waals surface area contributed by atoms with Crippen LogP contribution in [-0.4, -0.2) is 22.8 Å². The average Bonchev–Trinajstić information content (AvgIpc) is 2.75. The Morgan fingerprint density at radius 2 is 1.86 bits per heavy atom. The standard InChI is InChI=1S/C17H22N2O2/c18-15(20)14-11-17(9-5-2-6-10-17)16(21)19(14)12-13-7-3-1-4-8-13/h1,3-4,7-8,14H,2,5-6,9-12H2,(H2,18,20). The molecule has 112 valence electrons. The number of rotatable bonds is 3. The summed E-state index contributed by atoms with van der Waals surface area (Å²) in [4.78, 5) is 26.4. The highest BCUT2D eigenvalue weighted by Crippen LogP contribution is 2.47. The largest absolute Gasteiger partial charge is 0.368 e. The maximum atomic E-state index is 12.9. The second kappa shape index (κ2) is 5.51. The van der Waals surface area contributed by atoms with Crippen molar-refractivity contribution in [1.82, 2.24) is 4.90 Å². The number of hydrogen-bond acceptors (Lipinski definition) is 2. The zero-order valence-corrected chi connectivity index (χ0v) is 12.3. The van der Waals surface area contributed by atoms with E-state index in [-0.39, 0.29) is 17.2 Å². The lowest BCUT2D eigenvalue weighted by Gasteiger charge is -2.31. The number of primary amides is 1. The van der Waals surface area contributed by atoms with Gasteiger partial charge in [-0.2, -0.15) is 0 Å². The maximum absolute atomic E-state index is 12.9. The van der Waals surface area contributed by atoms with Gasteiger partial charge in [-0.1, -0.05) is 49.6 Å². The molecule has 1 aromatic carbocycles. The van der Waals surface area contributed by atoms with Crippen LogP contribution in [0.2, 0.25) is 0 Å². The van der Waals surface area contributed by atoms with E-state index in [0.29, 0.717) is 13.0 Å². The SMILES string of the molecule is NC(=O)C1CC2(CCCCC2)C(=O)N1Cc1ccccc1. The minimum atomic E-state index is -0.448. The number of benzene rings is 1. The molecule has 3 rings (SSSR count). The van der Waals surface area contributed by atoms with E-state index in [4.69, 9.17) is 5.73 Å². The van der Waals surface area contributed by atoms with Crippen molar-refractivity contribution in [2.45, 2.75) is 51.1 Å². The highest BCUT2D eigenvalue weighted by molar-refractivity contribution is 5.93. The Bertz CT molecular complexity index is 535. The summed E-state index contributed by atoms with van der Waals surface area (Å²) in [5.41, 5.74) is 6.28. The van der Waals surface area contributed by atoms with E-state index >= 15 is 0 Å². The van der Waals surface area contributed by atoms with Crippen molar-refractivity contribution in [3.8, 4) is 0 Å². The quantitative estimate of drug-likeness (QED) is 0.926. The Morgan fingerprint density at radius 3 is 2.48 bits per heavy atom. The van der Waals surface area contributed by atoms with E-state index in [1.54, 1.807) is 4.90 Å². The van der Waals surface area contributed by atoms with E-state index in [1.165, 1.54) is 6.42 Å². The number of carbonyl (C=O) groups excluding carboxylic acids is 2. The van der Waals surface area contributed by atoms with Crippen molar-refractivity contribution >= 4 is 11.8 Å². The molecule has 1 heterocycles. The summed E-state index contributed by atoms with van der Waals surface area (Å²) in [6.07, 6.45) is 5.76. The minimum absolute atomic E-state index is 0.134. The Morgan fingerprint density at radius 1 is 1.19 bits per heavy atom. The smallest absolute Gasteiger partial charge is 0.240 e. The van der Waals surface area contributed by atoms with Gasteiger partial charge in [0.15, 0.2) is 0 Å². The molecule has 2 amide bonds. The normalized spacial score (nSPS) is 24.5. The van der Waals surface area contributed by atoms with Gasteiger partial charge in [0.25, 0.3) is 0 Å². The molecule has 1 spiro atoms. The second-order valence-corrected chi connectivity index (χ2v) is 6.38. The van der Waals surface area contributed by atoms with Gasteiger partial charge >= 0.3 is 0 Å². The van der Waals surface area contributed by atoms with Crippen LogP contribution in [0.15, 0.2) is 30.3 Å². The summed E-state index contributed by atoms with van der Waals surface area (Å²) in [7, 11) is 0. The lowest BCUT2D eigenvalue weighted by Crippen LogP contribution is -2.42. The molecule has 2 aliphatic rings. The van der Waals surface area contributed by atoms with Crippen LogP contribution in [-0.2, 0) is 16.1 Å². The topological polar surface area (TPSA) is 63.4 Å². The third-order valence-electron chi connectivity index (χ3n) is 5.01. The molecule has 0 aromatic heterocycles. The van der Waals surface area contributed by atoms with Crippen LogP contribution in [0.4, 0.5) is 0 Å². The van der Waals surface area contributed by atoms with E-state index in [0.717, 1.165) is 31.2 Å². The third kappa shape index (κ3) is 2.55. The van der Waals surface area contributed by atoms with Crippen molar-refractivity contribution in [3.05, 3.63) is 35.9 Å². The summed E-state index contributed by atoms with van der Waals surface area (Å²) in [6, 6.07) is 9.37. The molecule has 21 heavy (non-hydrogen) atoms. The lowest BCUT2D eigenvalue weighted by molar-refractivity contribution is -0.140. The molecule has 1 saturated carbocycles. The molecule has 2 N–H and O–H groups in total. The molecular formula is C17H22N2O2. The predicted molar refractivity (Wildman–Crippen MR) is 80.1 cm³/mol. The van der Waals surface area contributed by atoms with Crippen molar-refractivity contribution in [1.29, 1.82) is 0 Å². The van der Waals surface area contributed by atoms with E-state index in [2.05, 4.69) is 0 Å². The summed E-state index contributed by atoms with van der Waals surface area (Å²) >= 11 is 0. The van der Waals surface area contributed by atoms with Crippen LogP contribution in [0.1, 0.15) is 44.1 Å². The van der Waals surface area contributed by atoms with Gasteiger partial charge in [-0.3, -0.25) is 9.59 Å². The molecular weight excluding hydrogens is 264 g/mol. The molecule has 1 atom stereocenters. The molecule has 0 radical (unpaired) electrons. The highest BCUT2D eigenvalue weighted by Gasteiger charge is 2.53. The molecule has 1 saturated heterocycles. The van der Waals surface area contributed by atoms with Crippen LogP contribution < -0.4 is 5.73 Å². The summed E-state index contributed by atoms with van der Waals surface area (Å²) in [5.74, 6) is -0.239. The van der Waals surface area contributed by atoms with Crippen LogP contribution in [0, 0.1) is 5.41 Å². The zero-order chi connectivity index (χ0) is 14.9. The van der Waals surface area contributed by atoms with Crippen LogP contribution in [0.5, 0.6) is 0 Å². The number of carbonyl (C=O) groups is 2. The Balaban J connectivity index is 1.86.